The average molecular weight is 189 g/mol. The number of hydrogen-bond donors (Lipinski definition) is 1. The van der Waals surface area contributed by atoms with Crippen LogP contribution >= 0.6 is 0 Å². The number of rotatable bonds is 8. The van der Waals surface area contributed by atoms with Gasteiger partial charge in [0.15, 0.2) is 0 Å². The van der Waals surface area contributed by atoms with Crippen LogP contribution in [0.25, 0.3) is 0 Å². The van der Waals surface area contributed by atoms with E-state index in [1.54, 1.807) is 0 Å². The van der Waals surface area contributed by atoms with E-state index in [4.69, 9.17) is 0 Å². The molecule has 1 N–H and O–H groups in total. The molecular weight excluding hydrogens is 165 g/mol. The third-order valence-corrected chi connectivity index (χ3v) is 2.54. The van der Waals surface area contributed by atoms with Gasteiger partial charge in [-0.3, -0.25) is 4.39 Å². The number of alkyl halides is 1. The molecule has 1 nitrogen and oxygen atoms in total. The first-order valence-corrected chi connectivity index (χ1v) is 5.45. The summed E-state index contributed by atoms with van der Waals surface area (Å²) in [6.07, 6.45) is 4.35. The molecule has 13 heavy (non-hydrogen) atoms. The van der Waals surface area contributed by atoms with E-state index >= 15 is 0 Å². The molecule has 0 rings (SSSR count). The zero-order valence-corrected chi connectivity index (χ0v) is 9.28. The first-order chi connectivity index (χ1) is 6.24. The smallest absolute Gasteiger partial charge is 0.0922 e. The molecule has 0 bridgehead atoms. The molecule has 0 amide bonds. The summed E-state index contributed by atoms with van der Waals surface area (Å²) in [4.78, 5) is 0. The van der Waals surface area contributed by atoms with Crippen LogP contribution in [0, 0.1) is 11.8 Å². The standard InChI is InChI=1S/C11H24FN/c1-4-5-11(8-12)7-6-10(2)9-13-3/h10-11,13H,4-9H2,1-3H3. The second kappa shape index (κ2) is 8.49. The molecular formula is C11H24FN. The van der Waals surface area contributed by atoms with Crippen LogP contribution in [-0.4, -0.2) is 20.3 Å². The summed E-state index contributed by atoms with van der Waals surface area (Å²) in [5.41, 5.74) is 0. The van der Waals surface area contributed by atoms with Crippen molar-refractivity contribution in [2.75, 3.05) is 20.3 Å². The summed E-state index contributed by atoms with van der Waals surface area (Å²) in [5, 5.41) is 3.15. The highest BCUT2D eigenvalue weighted by molar-refractivity contribution is 4.62. The van der Waals surface area contributed by atoms with Crippen molar-refractivity contribution in [3.8, 4) is 0 Å². The van der Waals surface area contributed by atoms with Crippen LogP contribution in [0.4, 0.5) is 4.39 Å². The van der Waals surface area contributed by atoms with E-state index in [-0.39, 0.29) is 6.67 Å². The molecule has 0 aliphatic carbocycles. The van der Waals surface area contributed by atoms with Crippen molar-refractivity contribution < 1.29 is 4.39 Å². The number of halogens is 1. The Morgan fingerprint density at radius 3 is 2.38 bits per heavy atom. The summed E-state index contributed by atoms with van der Waals surface area (Å²) in [6, 6.07) is 0. The predicted molar refractivity (Wildman–Crippen MR) is 56.7 cm³/mol. The zero-order chi connectivity index (χ0) is 10.1. The molecule has 0 saturated heterocycles. The molecule has 0 aliphatic rings. The maximum Gasteiger partial charge on any atom is 0.0922 e. The highest BCUT2D eigenvalue weighted by atomic mass is 19.1. The van der Waals surface area contributed by atoms with E-state index in [0.717, 1.165) is 32.2 Å². The summed E-state index contributed by atoms with van der Waals surface area (Å²) >= 11 is 0. The molecule has 0 heterocycles. The van der Waals surface area contributed by atoms with Gasteiger partial charge in [-0.15, -0.1) is 0 Å². The van der Waals surface area contributed by atoms with Gasteiger partial charge in [0.25, 0.3) is 0 Å². The Hall–Kier alpha value is -0.110. The van der Waals surface area contributed by atoms with E-state index in [1.807, 2.05) is 7.05 Å². The minimum atomic E-state index is -0.139. The highest BCUT2D eigenvalue weighted by Gasteiger charge is 2.09. The monoisotopic (exact) mass is 189 g/mol. The summed E-state index contributed by atoms with van der Waals surface area (Å²) in [5.74, 6) is 0.986. The van der Waals surface area contributed by atoms with Gasteiger partial charge in [0, 0.05) is 0 Å². The molecule has 0 saturated carbocycles. The summed E-state index contributed by atoms with van der Waals surface area (Å²) < 4.78 is 12.5. The molecule has 0 spiro atoms. The molecule has 0 aromatic heterocycles. The van der Waals surface area contributed by atoms with Crippen LogP contribution in [0.2, 0.25) is 0 Å². The van der Waals surface area contributed by atoms with Gasteiger partial charge in [0.1, 0.15) is 0 Å². The van der Waals surface area contributed by atoms with E-state index < -0.39 is 0 Å². The van der Waals surface area contributed by atoms with Crippen molar-refractivity contribution in [2.45, 2.75) is 39.5 Å². The maximum absolute atomic E-state index is 12.5. The van der Waals surface area contributed by atoms with Crippen molar-refractivity contribution in [3.63, 3.8) is 0 Å². The van der Waals surface area contributed by atoms with Gasteiger partial charge >= 0.3 is 0 Å². The highest BCUT2D eigenvalue weighted by Crippen LogP contribution is 2.17. The lowest BCUT2D eigenvalue weighted by Crippen LogP contribution is -2.17. The van der Waals surface area contributed by atoms with Crippen LogP contribution in [0.15, 0.2) is 0 Å². The van der Waals surface area contributed by atoms with Gasteiger partial charge in [-0.25, -0.2) is 0 Å². The van der Waals surface area contributed by atoms with Crippen molar-refractivity contribution in [2.24, 2.45) is 11.8 Å². The molecule has 0 aliphatic heterocycles. The van der Waals surface area contributed by atoms with Gasteiger partial charge in [-0.05, 0) is 44.7 Å². The third kappa shape index (κ3) is 7.00. The first-order valence-electron chi connectivity index (χ1n) is 5.45. The van der Waals surface area contributed by atoms with E-state index in [1.165, 1.54) is 0 Å². The summed E-state index contributed by atoms with van der Waals surface area (Å²) in [7, 11) is 1.97. The van der Waals surface area contributed by atoms with Crippen LogP contribution in [0.3, 0.4) is 0 Å². The van der Waals surface area contributed by atoms with Crippen molar-refractivity contribution in [1.29, 1.82) is 0 Å². The quantitative estimate of drug-likeness (QED) is 0.619. The fraction of sp³-hybridized carbons (Fsp3) is 1.00. The maximum atomic E-state index is 12.5. The lowest BCUT2D eigenvalue weighted by atomic mass is 9.94. The van der Waals surface area contributed by atoms with Crippen LogP contribution in [0.5, 0.6) is 0 Å². The lowest BCUT2D eigenvalue weighted by Gasteiger charge is -2.15. The minimum Gasteiger partial charge on any atom is -0.319 e. The zero-order valence-electron chi connectivity index (χ0n) is 9.28. The number of nitrogens with one attached hydrogen (secondary N) is 1. The average Bonchev–Trinajstić information content (AvgIpc) is 2.12. The van der Waals surface area contributed by atoms with Crippen molar-refractivity contribution in [3.05, 3.63) is 0 Å². The van der Waals surface area contributed by atoms with Crippen molar-refractivity contribution in [1.82, 2.24) is 5.32 Å². The normalized spacial score (nSPS) is 15.7. The molecule has 80 valence electrons. The SMILES string of the molecule is CCCC(CF)CCC(C)CNC. The Labute approximate surface area is 82.1 Å². The Morgan fingerprint density at radius 2 is 1.92 bits per heavy atom. The fourth-order valence-corrected chi connectivity index (χ4v) is 1.68. The molecule has 0 radical (unpaired) electrons. The Kier molecular flexibility index (Phi) is 8.41. The van der Waals surface area contributed by atoms with E-state index in [0.29, 0.717) is 11.8 Å². The van der Waals surface area contributed by atoms with Gasteiger partial charge in [-0.1, -0.05) is 20.3 Å². The number of hydrogen-bond acceptors (Lipinski definition) is 1. The Balaban J connectivity index is 3.46. The van der Waals surface area contributed by atoms with Gasteiger partial charge < -0.3 is 5.32 Å². The topological polar surface area (TPSA) is 12.0 Å². The van der Waals surface area contributed by atoms with Crippen LogP contribution in [0.1, 0.15) is 39.5 Å². The summed E-state index contributed by atoms with van der Waals surface area (Å²) in [6.45, 7) is 5.25. The van der Waals surface area contributed by atoms with E-state index in [9.17, 15) is 4.39 Å². The largest absolute Gasteiger partial charge is 0.319 e. The second-order valence-corrected chi connectivity index (χ2v) is 4.05. The second-order valence-electron chi connectivity index (χ2n) is 4.05. The first kappa shape index (κ1) is 12.9. The van der Waals surface area contributed by atoms with Gasteiger partial charge in [0.05, 0.1) is 6.67 Å². The van der Waals surface area contributed by atoms with E-state index in [2.05, 4.69) is 19.2 Å². The molecule has 0 aromatic carbocycles. The minimum absolute atomic E-state index is 0.139. The van der Waals surface area contributed by atoms with Crippen LogP contribution in [-0.2, 0) is 0 Å². The molecule has 2 atom stereocenters. The van der Waals surface area contributed by atoms with Gasteiger partial charge in [0.2, 0.25) is 0 Å². The third-order valence-electron chi connectivity index (χ3n) is 2.54. The Morgan fingerprint density at radius 1 is 1.23 bits per heavy atom. The molecule has 0 aromatic rings. The lowest BCUT2D eigenvalue weighted by molar-refractivity contribution is 0.301. The predicted octanol–water partition coefficient (Wildman–Crippen LogP) is 3.01. The molecule has 2 heteroatoms. The molecule has 2 unspecified atom stereocenters. The van der Waals surface area contributed by atoms with Crippen LogP contribution < -0.4 is 5.32 Å². The van der Waals surface area contributed by atoms with Gasteiger partial charge in [-0.2, -0.15) is 0 Å². The van der Waals surface area contributed by atoms with Crippen molar-refractivity contribution >= 4 is 0 Å². The fourth-order valence-electron chi connectivity index (χ4n) is 1.68. The molecule has 0 fully saturated rings. The Bertz CT molecular complexity index is 106.